The van der Waals surface area contributed by atoms with Gasteiger partial charge in [0.25, 0.3) is 0 Å². The van der Waals surface area contributed by atoms with Crippen LogP contribution in [0.1, 0.15) is 32.1 Å². The fourth-order valence-corrected chi connectivity index (χ4v) is 3.84. The summed E-state index contributed by atoms with van der Waals surface area (Å²) in [5.41, 5.74) is 0.987. The highest BCUT2D eigenvalue weighted by molar-refractivity contribution is 5.99. The van der Waals surface area contributed by atoms with E-state index in [1.807, 2.05) is 42.3 Å². The largest absolute Gasteiger partial charge is 0.393 e. The SMILES string of the molecule is CN(CC1CCCCC1O)C1CCN(c2ccccc2)C1=O. The van der Waals surface area contributed by atoms with Crippen LogP contribution in [0.25, 0.3) is 0 Å². The second-order valence-corrected chi connectivity index (χ2v) is 6.68. The first-order chi connectivity index (χ1) is 10.7. The van der Waals surface area contributed by atoms with Gasteiger partial charge in [-0.1, -0.05) is 31.0 Å². The highest BCUT2D eigenvalue weighted by Crippen LogP contribution is 2.28. The lowest BCUT2D eigenvalue weighted by atomic mass is 9.86. The zero-order valence-corrected chi connectivity index (χ0v) is 13.3. The van der Waals surface area contributed by atoms with Gasteiger partial charge in [-0.25, -0.2) is 0 Å². The summed E-state index contributed by atoms with van der Waals surface area (Å²) < 4.78 is 0. The van der Waals surface area contributed by atoms with Crippen LogP contribution in [0.5, 0.6) is 0 Å². The molecule has 120 valence electrons. The fraction of sp³-hybridized carbons (Fsp3) is 0.611. The van der Waals surface area contributed by atoms with Crippen molar-refractivity contribution in [2.45, 2.75) is 44.2 Å². The van der Waals surface area contributed by atoms with Crippen LogP contribution in [0.2, 0.25) is 0 Å². The van der Waals surface area contributed by atoms with Crippen molar-refractivity contribution in [3.05, 3.63) is 30.3 Å². The van der Waals surface area contributed by atoms with E-state index in [-0.39, 0.29) is 18.1 Å². The Morgan fingerprint density at radius 1 is 1.18 bits per heavy atom. The lowest BCUT2D eigenvalue weighted by molar-refractivity contribution is -0.121. The Labute approximate surface area is 132 Å². The monoisotopic (exact) mass is 302 g/mol. The van der Waals surface area contributed by atoms with Crippen LogP contribution < -0.4 is 4.90 Å². The Kier molecular flexibility index (Phi) is 4.79. The number of rotatable bonds is 4. The van der Waals surface area contributed by atoms with Crippen molar-refractivity contribution in [1.82, 2.24) is 4.90 Å². The number of anilines is 1. The minimum Gasteiger partial charge on any atom is -0.393 e. The lowest BCUT2D eigenvalue weighted by Crippen LogP contribution is -2.44. The van der Waals surface area contributed by atoms with Crippen LogP contribution in [0.15, 0.2) is 30.3 Å². The molecular formula is C18H26N2O2. The molecule has 0 aromatic heterocycles. The molecule has 1 heterocycles. The Balaban J connectivity index is 1.62. The zero-order chi connectivity index (χ0) is 15.5. The molecule has 1 N–H and O–H groups in total. The topological polar surface area (TPSA) is 43.8 Å². The average Bonchev–Trinajstić information content (AvgIpc) is 2.92. The zero-order valence-electron chi connectivity index (χ0n) is 13.3. The van der Waals surface area contributed by atoms with Gasteiger partial charge in [-0.3, -0.25) is 9.69 Å². The number of carbonyl (C=O) groups is 1. The number of likely N-dealkylation sites (N-methyl/N-ethyl adjacent to an activating group) is 1. The van der Waals surface area contributed by atoms with E-state index in [0.717, 1.165) is 44.5 Å². The first-order valence-electron chi connectivity index (χ1n) is 8.41. The van der Waals surface area contributed by atoms with Crippen molar-refractivity contribution < 1.29 is 9.90 Å². The Morgan fingerprint density at radius 3 is 2.64 bits per heavy atom. The van der Waals surface area contributed by atoms with Gasteiger partial charge in [0.1, 0.15) is 0 Å². The molecule has 4 nitrogen and oxygen atoms in total. The number of para-hydroxylation sites is 1. The Bertz CT molecular complexity index is 505. The van der Waals surface area contributed by atoms with Gasteiger partial charge in [-0.2, -0.15) is 0 Å². The van der Waals surface area contributed by atoms with Gasteiger partial charge >= 0.3 is 0 Å². The minimum absolute atomic E-state index is 0.0469. The molecular weight excluding hydrogens is 276 g/mol. The smallest absolute Gasteiger partial charge is 0.244 e. The van der Waals surface area contributed by atoms with Crippen molar-refractivity contribution in [3.8, 4) is 0 Å². The summed E-state index contributed by atoms with van der Waals surface area (Å²) in [6.45, 7) is 1.60. The molecule has 2 fully saturated rings. The molecule has 3 atom stereocenters. The number of hydrogen-bond acceptors (Lipinski definition) is 3. The quantitative estimate of drug-likeness (QED) is 0.928. The third-order valence-corrected chi connectivity index (χ3v) is 5.17. The van der Waals surface area contributed by atoms with E-state index in [1.165, 1.54) is 6.42 Å². The van der Waals surface area contributed by atoms with E-state index in [2.05, 4.69) is 4.90 Å². The van der Waals surface area contributed by atoms with Gasteiger partial charge in [-0.05, 0) is 44.4 Å². The van der Waals surface area contributed by atoms with Crippen LogP contribution in [-0.2, 0) is 4.79 Å². The van der Waals surface area contributed by atoms with Crippen LogP contribution in [0, 0.1) is 5.92 Å². The molecule has 1 aromatic rings. The van der Waals surface area contributed by atoms with Crippen molar-refractivity contribution in [2.75, 3.05) is 25.0 Å². The number of aliphatic hydroxyl groups is 1. The van der Waals surface area contributed by atoms with Gasteiger partial charge in [0.05, 0.1) is 12.1 Å². The van der Waals surface area contributed by atoms with E-state index >= 15 is 0 Å². The molecule has 1 saturated heterocycles. The first kappa shape index (κ1) is 15.5. The number of amides is 1. The maximum absolute atomic E-state index is 12.7. The van der Waals surface area contributed by atoms with Crippen molar-refractivity contribution in [3.63, 3.8) is 0 Å². The molecule has 0 bridgehead atoms. The fourth-order valence-electron chi connectivity index (χ4n) is 3.84. The normalized spacial score (nSPS) is 29.3. The van der Waals surface area contributed by atoms with Gasteiger partial charge in [0.15, 0.2) is 0 Å². The highest BCUT2D eigenvalue weighted by atomic mass is 16.3. The van der Waals surface area contributed by atoms with E-state index in [1.54, 1.807) is 0 Å². The van der Waals surface area contributed by atoms with Gasteiger partial charge in [0.2, 0.25) is 5.91 Å². The van der Waals surface area contributed by atoms with Gasteiger partial charge in [0, 0.05) is 18.8 Å². The van der Waals surface area contributed by atoms with Crippen LogP contribution >= 0.6 is 0 Å². The third kappa shape index (κ3) is 3.18. The molecule has 1 aliphatic carbocycles. The van der Waals surface area contributed by atoms with Crippen molar-refractivity contribution >= 4 is 11.6 Å². The number of benzene rings is 1. The lowest BCUT2D eigenvalue weighted by Gasteiger charge is -2.33. The molecule has 3 unspecified atom stereocenters. The van der Waals surface area contributed by atoms with Crippen LogP contribution in [0.4, 0.5) is 5.69 Å². The van der Waals surface area contributed by atoms with Crippen LogP contribution in [0.3, 0.4) is 0 Å². The number of carbonyl (C=O) groups excluding carboxylic acids is 1. The summed E-state index contributed by atoms with van der Waals surface area (Å²) in [4.78, 5) is 16.7. The van der Waals surface area contributed by atoms with Crippen molar-refractivity contribution in [2.24, 2.45) is 5.92 Å². The highest BCUT2D eigenvalue weighted by Gasteiger charge is 2.36. The van der Waals surface area contributed by atoms with E-state index in [0.29, 0.717) is 5.92 Å². The molecule has 22 heavy (non-hydrogen) atoms. The predicted octanol–water partition coefficient (Wildman–Crippen LogP) is 2.27. The summed E-state index contributed by atoms with van der Waals surface area (Å²) in [6.07, 6.45) is 4.99. The summed E-state index contributed by atoms with van der Waals surface area (Å²) in [7, 11) is 2.03. The van der Waals surface area contributed by atoms with E-state index in [9.17, 15) is 9.90 Å². The molecule has 0 radical (unpaired) electrons. The van der Waals surface area contributed by atoms with Gasteiger partial charge in [-0.15, -0.1) is 0 Å². The second kappa shape index (κ2) is 6.80. The molecule has 1 aliphatic heterocycles. The standard InChI is InChI=1S/C18H26N2O2/c1-19(13-14-7-5-6-10-17(14)21)16-11-12-20(18(16)22)15-8-3-2-4-9-15/h2-4,8-9,14,16-17,21H,5-7,10-13H2,1H3. The molecule has 3 rings (SSSR count). The molecule has 4 heteroatoms. The Morgan fingerprint density at radius 2 is 1.91 bits per heavy atom. The van der Waals surface area contributed by atoms with E-state index < -0.39 is 0 Å². The van der Waals surface area contributed by atoms with Crippen LogP contribution in [-0.4, -0.2) is 48.2 Å². The van der Waals surface area contributed by atoms with Gasteiger partial charge < -0.3 is 10.0 Å². The predicted molar refractivity (Wildman–Crippen MR) is 87.8 cm³/mol. The van der Waals surface area contributed by atoms with Crippen molar-refractivity contribution in [1.29, 1.82) is 0 Å². The first-order valence-corrected chi connectivity index (χ1v) is 8.41. The molecule has 1 aromatic carbocycles. The second-order valence-electron chi connectivity index (χ2n) is 6.68. The number of nitrogens with zero attached hydrogens (tertiary/aromatic N) is 2. The summed E-state index contributed by atoms with van der Waals surface area (Å²) in [5, 5.41) is 10.1. The Hall–Kier alpha value is -1.39. The summed E-state index contributed by atoms with van der Waals surface area (Å²) in [5.74, 6) is 0.510. The molecule has 1 saturated carbocycles. The summed E-state index contributed by atoms with van der Waals surface area (Å²) in [6, 6.07) is 9.85. The average molecular weight is 302 g/mol. The molecule has 2 aliphatic rings. The molecule has 0 spiro atoms. The minimum atomic E-state index is -0.196. The summed E-state index contributed by atoms with van der Waals surface area (Å²) >= 11 is 0. The number of hydrogen-bond donors (Lipinski definition) is 1. The third-order valence-electron chi connectivity index (χ3n) is 5.17. The molecule has 1 amide bonds. The van der Waals surface area contributed by atoms with E-state index in [4.69, 9.17) is 0 Å². The number of aliphatic hydroxyl groups excluding tert-OH is 1. The maximum atomic E-state index is 12.7. The maximum Gasteiger partial charge on any atom is 0.244 e.